The third kappa shape index (κ3) is 3.79. The van der Waals surface area contributed by atoms with Gasteiger partial charge in [-0.05, 0) is 57.2 Å². The smallest absolute Gasteiger partial charge is 0.0576 e. The van der Waals surface area contributed by atoms with E-state index in [0.29, 0.717) is 12.1 Å². The molecule has 2 unspecified atom stereocenters. The Kier molecular flexibility index (Phi) is 5.14. The SMILES string of the molecule is CNC(CCCC1CCCO1)c1cncc(C)c1. The van der Waals surface area contributed by atoms with Crippen molar-refractivity contribution in [2.75, 3.05) is 13.7 Å². The van der Waals surface area contributed by atoms with Gasteiger partial charge in [-0.2, -0.15) is 0 Å². The van der Waals surface area contributed by atoms with E-state index in [9.17, 15) is 0 Å². The molecule has 1 aromatic rings. The molecule has 1 aliphatic heterocycles. The van der Waals surface area contributed by atoms with Crippen LogP contribution in [-0.2, 0) is 4.74 Å². The third-order valence-electron chi connectivity index (χ3n) is 3.69. The molecule has 3 nitrogen and oxygen atoms in total. The van der Waals surface area contributed by atoms with Crippen LogP contribution < -0.4 is 5.32 Å². The van der Waals surface area contributed by atoms with Gasteiger partial charge in [0, 0.05) is 25.0 Å². The summed E-state index contributed by atoms with van der Waals surface area (Å²) in [4.78, 5) is 4.27. The zero-order chi connectivity index (χ0) is 12.8. The summed E-state index contributed by atoms with van der Waals surface area (Å²) in [5.74, 6) is 0. The van der Waals surface area contributed by atoms with Crippen LogP contribution in [0.25, 0.3) is 0 Å². The van der Waals surface area contributed by atoms with Gasteiger partial charge in [0.25, 0.3) is 0 Å². The van der Waals surface area contributed by atoms with Crippen molar-refractivity contribution in [3.8, 4) is 0 Å². The summed E-state index contributed by atoms with van der Waals surface area (Å²) in [5, 5.41) is 3.39. The van der Waals surface area contributed by atoms with Crippen LogP contribution in [0.5, 0.6) is 0 Å². The van der Waals surface area contributed by atoms with Gasteiger partial charge < -0.3 is 10.1 Å². The molecule has 1 fully saturated rings. The van der Waals surface area contributed by atoms with Crippen molar-refractivity contribution in [1.29, 1.82) is 0 Å². The molecule has 100 valence electrons. The molecule has 2 rings (SSSR count). The molecule has 1 aliphatic rings. The first-order valence-electron chi connectivity index (χ1n) is 7.00. The molecule has 1 aromatic heterocycles. The normalized spacial score (nSPS) is 21.1. The Balaban J connectivity index is 1.81. The van der Waals surface area contributed by atoms with Crippen LogP contribution in [0.1, 0.15) is 49.3 Å². The fourth-order valence-corrected chi connectivity index (χ4v) is 2.67. The monoisotopic (exact) mass is 248 g/mol. The summed E-state index contributed by atoms with van der Waals surface area (Å²) in [6.45, 7) is 3.05. The maximum atomic E-state index is 5.66. The van der Waals surface area contributed by atoms with Crippen molar-refractivity contribution < 1.29 is 4.74 Å². The minimum atomic E-state index is 0.416. The Labute approximate surface area is 110 Å². The summed E-state index contributed by atoms with van der Waals surface area (Å²) in [6.07, 6.45) is 10.4. The van der Waals surface area contributed by atoms with Crippen molar-refractivity contribution in [2.24, 2.45) is 0 Å². The number of hydrogen-bond donors (Lipinski definition) is 1. The lowest BCUT2D eigenvalue weighted by molar-refractivity contribution is 0.101. The minimum absolute atomic E-state index is 0.416. The summed E-state index contributed by atoms with van der Waals surface area (Å²) < 4.78 is 5.66. The van der Waals surface area contributed by atoms with E-state index in [1.54, 1.807) is 0 Å². The van der Waals surface area contributed by atoms with Gasteiger partial charge in [0.15, 0.2) is 0 Å². The van der Waals surface area contributed by atoms with Crippen LogP contribution >= 0.6 is 0 Å². The molecule has 0 amide bonds. The van der Waals surface area contributed by atoms with Crippen molar-refractivity contribution in [1.82, 2.24) is 10.3 Å². The lowest BCUT2D eigenvalue weighted by Crippen LogP contribution is -2.17. The molecule has 0 spiro atoms. The number of hydrogen-bond acceptors (Lipinski definition) is 3. The highest BCUT2D eigenvalue weighted by atomic mass is 16.5. The summed E-state index contributed by atoms with van der Waals surface area (Å²) in [6, 6.07) is 2.64. The predicted octanol–water partition coefficient (Wildman–Crippen LogP) is 3.00. The predicted molar refractivity (Wildman–Crippen MR) is 73.6 cm³/mol. The van der Waals surface area contributed by atoms with Gasteiger partial charge in [0.1, 0.15) is 0 Å². The van der Waals surface area contributed by atoms with Crippen LogP contribution in [0.4, 0.5) is 0 Å². The second-order valence-corrected chi connectivity index (χ2v) is 5.20. The van der Waals surface area contributed by atoms with E-state index >= 15 is 0 Å². The standard InChI is InChI=1S/C15H24N2O/c1-12-9-13(11-17-10-12)15(16-2)7-3-5-14-6-4-8-18-14/h9-11,14-16H,3-8H2,1-2H3. The Morgan fingerprint density at radius 3 is 3.06 bits per heavy atom. The Morgan fingerprint density at radius 1 is 1.50 bits per heavy atom. The first kappa shape index (κ1) is 13.5. The van der Waals surface area contributed by atoms with E-state index < -0.39 is 0 Å². The number of aromatic nitrogens is 1. The van der Waals surface area contributed by atoms with E-state index in [1.807, 2.05) is 19.4 Å². The van der Waals surface area contributed by atoms with Crippen LogP contribution in [0.15, 0.2) is 18.5 Å². The second-order valence-electron chi connectivity index (χ2n) is 5.20. The van der Waals surface area contributed by atoms with Gasteiger partial charge >= 0.3 is 0 Å². The van der Waals surface area contributed by atoms with Crippen LogP contribution in [0.2, 0.25) is 0 Å². The van der Waals surface area contributed by atoms with Gasteiger partial charge in [-0.15, -0.1) is 0 Å². The van der Waals surface area contributed by atoms with Gasteiger partial charge in [0.2, 0.25) is 0 Å². The Bertz CT molecular complexity index is 361. The molecule has 1 saturated heterocycles. The van der Waals surface area contributed by atoms with Gasteiger partial charge in [-0.1, -0.05) is 6.07 Å². The molecule has 2 atom stereocenters. The highest BCUT2D eigenvalue weighted by molar-refractivity contribution is 5.20. The second kappa shape index (κ2) is 6.86. The average Bonchev–Trinajstić information content (AvgIpc) is 2.88. The zero-order valence-electron chi connectivity index (χ0n) is 11.5. The highest BCUT2D eigenvalue weighted by Gasteiger charge is 2.16. The van der Waals surface area contributed by atoms with E-state index in [0.717, 1.165) is 13.0 Å². The molecule has 18 heavy (non-hydrogen) atoms. The molecule has 0 aliphatic carbocycles. The molecular weight excluding hydrogens is 224 g/mol. The Morgan fingerprint density at radius 2 is 2.39 bits per heavy atom. The third-order valence-corrected chi connectivity index (χ3v) is 3.69. The average molecular weight is 248 g/mol. The number of pyridine rings is 1. The van der Waals surface area contributed by atoms with Crippen molar-refractivity contribution in [3.63, 3.8) is 0 Å². The first-order chi connectivity index (χ1) is 8.79. The lowest BCUT2D eigenvalue weighted by atomic mass is 10.00. The molecule has 0 saturated carbocycles. The topological polar surface area (TPSA) is 34.1 Å². The van der Waals surface area contributed by atoms with Crippen LogP contribution in [0.3, 0.4) is 0 Å². The van der Waals surface area contributed by atoms with Gasteiger partial charge in [-0.3, -0.25) is 4.98 Å². The zero-order valence-corrected chi connectivity index (χ0v) is 11.5. The first-order valence-corrected chi connectivity index (χ1v) is 7.00. The molecule has 2 heterocycles. The highest BCUT2D eigenvalue weighted by Crippen LogP contribution is 2.23. The molecule has 0 aromatic carbocycles. The van der Waals surface area contributed by atoms with Crippen molar-refractivity contribution >= 4 is 0 Å². The summed E-state index contributed by atoms with van der Waals surface area (Å²) in [5.41, 5.74) is 2.52. The van der Waals surface area contributed by atoms with Crippen molar-refractivity contribution in [3.05, 3.63) is 29.6 Å². The molecular formula is C15H24N2O. The molecule has 0 radical (unpaired) electrons. The quantitative estimate of drug-likeness (QED) is 0.840. The maximum Gasteiger partial charge on any atom is 0.0576 e. The van der Waals surface area contributed by atoms with Crippen molar-refractivity contribution in [2.45, 2.75) is 51.2 Å². The maximum absolute atomic E-state index is 5.66. The number of rotatable bonds is 6. The van der Waals surface area contributed by atoms with Crippen LogP contribution in [0, 0.1) is 6.92 Å². The largest absolute Gasteiger partial charge is 0.378 e. The summed E-state index contributed by atoms with van der Waals surface area (Å²) in [7, 11) is 2.03. The lowest BCUT2D eigenvalue weighted by Gasteiger charge is -2.17. The molecule has 0 bridgehead atoms. The molecule has 3 heteroatoms. The van der Waals surface area contributed by atoms with E-state index in [1.165, 1.54) is 36.8 Å². The number of aryl methyl sites for hydroxylation is 1. The fourth-order valence-electron chi connectivity index (χ4n) is 2.67. The number of ether oxygens (including phenoxy) is 1. The van der Waals surface area contributed by atoms with E-state index in [4.69, 9.17) is 4.74 Å². The molecule has 1 N–H and O–H groups in total. The fraction of sp³-hybridized carbons (Fsp3) is 0.667. The number of nitrogens with one attached hydrogen (secondary N) is 1. The number of nitrogens with zero attached hydrogens (tertiary/aromatic N) is 1. The summed E-state index contributed by atoms with van der Waals surface area (Å²) >= 11 is 0. The van der Waals surface area contributed by atoms with Gasteiger partial charge in [0.05, 0.1) is 6.10 Å². The van der Waals surface area contributed by atoms with E-state index in [-0.39, 0.29) is 0 Å². The van der Waals surface area contributed by atoms with E-state index in [2.05, 4.69) is 23.3 Å². The minimum Gasteiger partial charge on any atom is -0.378 e. The Hall–Kier alpha value is -0.930. The van der Waals surface area contributed by atoms with Gasteiger partial charge in [-0.25, -0.2) is 0 Å². The van der Waals surface area contributed by atoms with Crippen LogP contribution in [-0.4, -0.2) is 24.7 Å².